The van der Waals surface area contributed by atoms with E-state index in [1.807, 2.05) is 0 Å². The fourth-order valence-electron chi connectivity index (χ4n) is 10.8. The van der Waals surface area contributed by atoms with Crippen molar-refractivity contribution < 1.29 is 14.2 Å². The Morgan fingerprint density at radius 3 is 2.10 bits per heavy atom. The van der Waals surface area contributed by atoms with Crippen LogP contribution in [-0.4, -0.2) is 30.2 Å². The van der Waals surface area contributed by atoms with Gasteiger partial charge in [-0.15, -0.1) is 0 Å². The first-order valence-corrected chi connectivity index (χ1v) is 14.2. The number of hydrogen-bond donors (Lipinski definition) is 0. The van der Waals surface area contributed by atoms with Crippen LogP contribution >= 0.6 is 0 Å². The second kappa shape index (κ2) is 7.44. The molecule has 3 heteroatoms. The lowest BCUT2D eigenvalue weighted by Gasteiger charge is -2.51. The molecule has 7 rings (SSSR count). The normalized spacial score (nSPS) is 60.6. The molecule has 3 nitrogen and oxygen atoms in total. The fraction of sp³-hybridized carbons (Fsp3) is 1.00. The Balaban J connectivity index is 1.28. The lowest BCUT2D eigenvalue weighted by Crippen LogP contribution is -2.56. The second-order valence-corrected chi connectivity index (χ2v) is 12.8. The minimum Gasteiger partial charge on any atom is -0.374 e. The maximum Gasteiger partial charge on any atom is 0.175 e. The minimum atomic E-state index is -0.281. The number of hydrogen-bond acceptors (Lipinski definition) is 3. The van der Waals surface area contributed by atoms with Crippen molar-refractivity contribution in [1.82, 2.24) is 0 Å². The Morgan fingerprint density at radius 2 is 1.26 bits per heavy atom. The van der Waals surface area contributed by atoms with Crippen LogP contribution in [0.15, 0.2) is 0 Å². The van der Waals surface area contributed by atoms with Gasteiger partial charge in [0.1, 0.15) is 0 Å². The highest BCUT2D eigenvalue weighted by molar-refractivity contribution is 5.14. The van der Waals surface area contributed by atoms with Gasteiger partial charge in [-0.1, -0.05) is 32.1 Å². The third kappa shape index (κ3) is 2.88. The van der Waals surface area contributed by atoms with Crippen LogP contribution in [0.5, 0.6) is 0 Å². The predicted molar refractivity (Wildman–Crippen MR) is 120 cm³/mol. The second-order valence-electron chi connectivity index (χ2n) is 12.8. The van der Waals surface area contributed by atoms with Crippen molar-refractivity contribution >= 4 is 0 Å². The van der Waals surface area contributed by atoms with Crippen LogP contribution in [0.3, 0.4) is 0 Å². The van der Waals surface area contributed by atoms with E-state index in [0.29, 0.717) is 36.3 Å². The summed E-state index contributed by atoms with van der Waals surface area (Å²) in [6.07, 6.45) is 19.6. The van der Waals surface area contributed by atoms with E-state index in [4.69, 9.17) is 14.2 Å². The molecule has 7 fully saturated rings. The first-order chi connectivity index (χ1) is 15.2. The SMILES string of the molecule is CC1CC(C)OC2(O1)C1CCCCC1C1C3C(CCC12)OC1CCC2CCCCC2C13. The van der Waals surface area contributed by atoms with E-state index >= 15 is 0 Å². The molecule has 2 saturated heterocycles. The molecule has 0 aromatic carbocycles. The molecule has 2 heterocycles. The van der Waals surface area contributed by atoms with Crippen LogP contribution < -0.4 is 0 Å². The smallest absolute Gasteiger partial charge is 0.175 e. The molecule has 1 spiro atoms. The van der Waals surface area contributed by atoms with E-state index in [1.165, 1.54) is 77.0 Å². The van der Waals surface area contributed by atoms with Crippen molar-refractivity contribution in [2.75, 3.05) is 0 Å². The summed E-state index contributed by atoms with van der Waals surface area (Å²) in [4.78, 5) is 0. The van der Waals surface area contributed by atoms with Gasteiger partial charge in [0, 0.05) is 11.8 Å². The van der Waals surface area contributed by atoms with Crippen molar-refractivity contribution in [3.05, 3.63) is 0 Å². The zero-order valence-corrected chi connectivity index (χ0v) is 19.8. The first kappa shape index (κ1) is 20.3. The molecule has 0 aromatic rings. The van der Waals surface area contributed by atoms with Gasteiger partial charge in [0.05, 0.1) is 24.4 Å². The van der Waals surface area contributed by atoms with Crippen LogP contribution in [0.2, 0.25) is 0 Å². The van der Waals surface area contributed by atoms with Crippen molar-refractivity contribution in [3.8, 4) is 0 Å². The van der Waals surface area contributed by atoms with Gasteiger partial charge in [0.15, 0.2) is 5.79 Å². The van der Waals surface area contributed by atoms with Crippen LogP contribution in [0.4, 0.5) is 0 Å². The van der Waals surface area contributed by atoms with Crippen molar-refractivity contribution in [1.29, 1.82) is 0 Å². The first-order valence-electron chi connectivity index (χ1n) is 14.2. The minimum absolute atomic E-state index is 0.281. The van der Waals surface area contributed by atoms with Gasteiger partial charge in [0.2, 0.25) is 0 Å². The van der Waals surface area contributed by atoms with Crippen molar-refractivity contribution in [2.45, 2.75) is 128 Å². The molecule has 12 atom stereocenters. The Kier molecular flexibility index (Phi) is 4.86. The fourth-order valence-corrected chi connectivity index (χ4v) is 10.8. The summed E-state index contributed by atoms with van der Waals surface area (Å²) in [7, 11) is 0. The quantitative estimate of drug-likeness (QED) is 0.450. The third-order valence-electron chi connectivity index (χ3n) is 11.4. The molecule has 5 saturated carbocycles. The maximum atomic E-state index is 6.97. The van der Waals surface area contributed by atoms with Gasteiger partial charge in [-0.05, 0) is 101 Å². The van der Waals surface area contributed by atoms with E-state index < -0.39 is 0 Å². The molecule has 0 bridgehead atoms. The van der Waals surface area contributed by atoms with Crippen molar-refractivity contribution in [3.63, 3.8) is 0 Å². The van der Waals surface area contributed by atoms with Crippen LogP contribution in [-0.2, 0) is 14.2 Å². The maximum absolute atomic E-state index is 6.97. The van der Waals surface area contributed by atoms with Gasteiger partial charge >= 0.3 is 0 Å². The van der Waals surface area contributed by atoms with E-state index in [9.17, 15) is 0 Å². The van der Waals surface area contributed by atoms with Gasteiger partial charge < -0.3 is 14.2 Å². The van der Waals surface area contributed by atoms with Gasteiger partial charge in [0.25, 0.3) is 0 Å². The van der Waals surface area contributed by atoms with Crippen LogP contribution in [0.25, 0.3) is 0 Å². The largest absolute Gasteiger partial charge is 0.374 e. The molecule has 31 heavy (non-hydrogen) atoms. The summed E-state index contributed by atoms with van der Waals surface area (Å²) in [6.45, 7) is 4.61. The average Bonchev–Trinajstić information content (AvgIpc) is 3.27. The molecule has 0 aromatic heterocycles. The highest BCUT2D eigenvalue weighted by Crippen LogP contribution is 2.68. The summed E-state index contributed by atoms with van der Waals surface area (Å²) < 4.78 is 20.9. The van der Waals surface area contributed by atoms with Gasteiger partial charge in [-0.2, -0.15) is 0 Å². The summed E-state index contributed by atoms with van der Waals surface area (Å²) in [5.41, 5.74) is 0. The van der Waals surface area contributed by atoms with E-state index in [2.05, 4.69) is 13.8 Å². The van der Waals surface area contributed by atoms with Crippen LogP contribution in [0.1, 0.15) is 97.3 Å². The van der Waals surface area contributed by atoms with Crippen molar-refractivity contribution in [2.24, 2.45) is 47.3 Å². The Bertz CT molecular complexity index is 682. The van der Waals surface area contributed by atoms with E-state index in [0.717, 1.165) is 41.9 Å². The monoisotopic (exact) mass is 428 g/mol. The molecule has 0 amide bonds. The lowest BCUT2D eigenvalue weighted by molar-refractivity contribution is -0.352. The zero-order chi connectivity index (χ0) is 20.7. The average molecular weight is 429 g/mol. The number of rotatable bonds is 0. The van der Waals surface area contributed by atoms with Gasteiger partial charge in [-0.25, -0.2) is 0 Å². The summed E-state index contributed by atoms with van der Waals surface area (Å²) in [5, 5.41) is 0. The molecule has 174 valence electrons. The Labute approximate surface area is 189 Å². The Morgan fingerprint density at radius 1 is 0.581 bits per heavy atom. The highest BCUT2D eigenvalue weighted by Gasteiger charge is 2.70. The van der Waals surface area contributed by atoms with Crippen LogP contribution in [0, 0.1) is 47.3 Å². The number of ether oxygens (including phenoxy) is 3. The summed E-state index contributed by atoms with van der Waals surface area (Å²) in [6, 6.07) is 0. The molecule has 12 unspecified atom stereocenters. The predicted octanol–water partition coefficient (Wildman–Crippen LogP) is 6.34. The Hall–Kier alpha value is -0.120. The number of fused-ring (bicyclic) bond motifs is 11. The van der Waals surface area contributed by atoms with E-state index in [-0.39, 0.29) is 5.79 Å². The zero-order valence-electron chi connectivity index (χ0n) is 19.8. The topological polar surface area (TPSA) is 27.7 Å². The molecule has 7 aliphatic rings. The molecule has 0 N–H and O–H groups in total. The van der Waals surface area contributed by atoms with Gasteiger partial charge in [-0.3, -0.25) is 0 Å². The molecule has 2 aliphatic heterocycles. The molecule has 0 radical (unpaired) electrons. The lowest BCUT2D eigenvalue weighted by atomic mass is 9.55. The molecular formula is C28H44O3. The standard InChI is InChI=1S/C28H44O3/c1-16-15-17(2)31-28(30-16)21-10-6-5-9-20(21)25-22(28)12-14-24-27(25)26-19-8-4-3-7-18(19)11-13-23(26)29-24/h16-27H,3-15H2,1-2H3. The summed E-state index contributed by atoms with van der Waals surface area (Å²) in [5.74, 6) is 6.14. The van der Waals surface area contributed by atoms with E-state index in [1.54, 1.807) is 0 Å². The third-order valence-corrected chi connectivity index (χ3v) is 11.4. The summed E-state index contributed by atoms with van der Waals surface area (Å²) >= 11 is 0. The molecular weight excluding hydrogens is 384 g/mol. The highest BCUT2D eigenvalue weighted by atomic mass is 16.7. The molecule has 5 aliphatic carbocycles.